The number of ether oxygens (including phenoxy) is 2. The Morgan fingerprint density at radius 1 is 1.17 bits per heavy atom. The van der Waals surface area contributed by atoms with Gasteiger partial charge in [0.25, 0.3) is 0 Å². The van der Waals surface area contributed by atoms with Gasteiger partial charge in [0.15, 0.2) is 0 Å². The highest BCUT2D eigenvalue weighted by Crippen LogP contribution is 2.20. The molecule has 0 radical (unpaired) electrons. The summed E-state index contributed by atoms with van der Waals surface area (Å²) in [5.41, 5.74) is 0.409. The van der Waals surface area contributed by atoms with E-state index >= 15 is 0 Å². The summed E-state index contributed by atoms with van der Waals surface area (Å²) in [5.74, 6) is -0.614. The molecular formula is C18H23NO4. The molecule has 1 amide bonds. The van der Waals surface area contributed by atoms with Crippen LogP contribution in [0.15, 0.2) is 42.5 Å². The van der Waals surface area contributed by atoms with Crippen molar-refractivity contribution in [3.8, 4) is 0 Å². The van der Waals surface area contributed by atoms with Gasteiger partial charge in [0, 0.05) is 0 Å². The zero-order valence-electron chi connectivity index (χ0n) is 13.7. The Morgan fingerprint density at radius 3 is 2.52 bits per heavy atom. The molecule has 1 aliphatic rings. The van der Waals surface area contributed by atoms with Crippen LogP contribution in [-0.4, -0.2) is 23.7 Å². The number of hydrogen-bond acceptors (Lipinski definition) is 4. The van der Waals surface area contributed by atoms with Crippen molar-refractivity contribution in [1.29, 1.82) is 0 Å². The van der Waals surface area contributed by atoms with Crippen molar-refractivity contribution in [1.82, 2.24) is 5.32 Å². The molecule has 0 bridgehead atoms. The van der Waals surface area contributed by atoms with Crippen molar-refractivity contribution < 1.29 is 19.1 Å². The molecule has 0 aliphatic heterocycles. The Labute approximate surface area is 136 Å². The zero-order chi connectivity index (χ0) is 16.9. The number of alkyl carbamates (subject to hydrolysis) is 1. The summed E-state index contributed by atoms with van der Waals surface area (Å²) in [6.07, 6.45) is 3.59. The topological polar surface area (TPSA) is 64.6 Å². The molecule has 0 saturated carbocycles. The number of nitrogens with one attached hydrogen (secondary N) is 1. The highest BCUT2D eigenvalue weighted by molar-refractivity contribution is 5.76. The van der Waals surface area contributed by atoms with Crippen LogP contribution in [0.5, 0.6) is 0 Å². The van der Waals surface area contributed by atoms with E-state index in [0.717, 1.165) is 5.56 Å². The first-order chi connectivity index (χ1) is 10.8. The Bertz CT molecular complexity index is 574. The largest absolute Gasteiger partial charge is 0.460 e. The maximum Gasteiger partial charge on any atom is 0.408 e. The normalized spacial score (nSPS) is 20.1. The smallest absolute Gasteiger partial charge is 0.408 e. The molecule has 5 nitrogen and oxygen atoms in total. The zero-order valence-corrected chi connectivity index (χ0v) is 13.7. The van der Waals surface area contributed by atoms with Gasteiger partial charge in [0.05, 0.1) is 12.0 Å². The van der Waals surface area contributed by atoms with Crippen LogP contribution < -0.4 is 5.32 Å². The average molecular weight is 317 g/mol. The van der Waals surface area contributed by atoms with Crippen molar-refractivity contribution in [2.24, 2.45) is 5.92 Å². The standard InChI is InChI=1S/C18H23NO4/c1-18(2,3)23-17(21)19-15-10-9-14(11-15)16(20)22-12-13-7-5-4-6-8-13/h4-10,14-15H,11-12H2,1-3H3,(H,19,21). The minimum absolute atomic E-state index is 0.209. The van der Waals surface area contributed by atoms with E-state index in [-0.39, 0.29) is 24.5 Å². The van der Waals surface area contributed by atoms with E-state index in [1.807, 2.05) is 30.3 Å². The third-order valence-corrected chi connectivity index (χ3v) is 3.31. The predicted octanol–water partition coefficient (Wildman–Crippen LogP) is 3.20. The van der Waals surface area contributed by atoms with Gasteiger partial charge in [-0.05, 0) is 32.8 Å². The second kappa shape index (κ2) is 7.31. The minimum Gasteiger partial charge on any atom is -0.460 e. The summed E-state index contributed by atoms with van der Waals surface area (Å²) in [5, 5.41) is 2.74. The van der Waals surface area contributed by atoms with Gasteiger partial charge in [-0.1, -0.05) is 42.5 Å². The highest BCUT2D eigenvalue weighted by Gasteiger charge is 2.28. The number of carbonyl (C=O) groups excluding carboxylic acids is 2. The second-order valence-electron chi connectivity index (χ2n) is 6.57. The molecule has 0 spiro atoms. The lowest BCUT2D eigenvalue weighted by Crippen LogP contribution is -2.38. The van der Waals surface area contributed by atoms with Crippen LogP contribution in [0.2, 0.25) is 0 Å². The molecule has 0 fully saturated rings. The fourth-order valence-corrected chi connectivity index (χ4v) is 2.28. The summed E-state index contributed by atoms with van der Waals surface area (Å²) in [7, 11) is 0. The predicted molar refractivity (Wildman–Crippen MR) is 86.6 cm³/mol. The second-order valence-corrected chi connectivity index (χ2v) is 6.57. The molecule has 0 saturated heterocycles. The Balaban J connectivity index is 1.75. The fourth-order valence-electron chi connectivity index (χ4n) is 2.28. The summed E-state index contributed by atoms with van der Waals surface area (Å²) in [6, 6.07) is 9.32. The summed E-state index contributed by atoms with van der Waals surface area (Å²) in [6.45, 7) is 5.68. The summed E-state index contributed by atoms with van der Waals surface area (Å²) >= 11 is 0. The van der Waals surface area contributed by atoms with Gasteiger partial charge in [0.1, 0.15) is 12.2 Å². The van der Waals surface area contributed by atoms with Crippen molar-refractivity contribution in [3.63, 3.8) is 0 Å². The third-order valence-electron chi connectivity index (χ3n) is 3.31. The van der Waals surface area contributed by atoms with Crippen molar-refractivity contribution in [2.45, 2.75) is 45.4 Å². The van der Waals surface area contributed by atoms with Gasteiger partial charge < -0.3 is 14.8 Å². The van der Waals surface area contributed by atoms with Crippen LogP contribution in [0.4, 0.5) is 4.79 Å². The van der Waals surface area contributed by atoms with Gasteiger partial charge in [-0.3, -0.25) is 4.79 Å². The molecule has 2 rings (SSSR count). The van der Waals surface area contributed by atoms with E-state index in [9.17, 15) is 9.59 Å². The number of esters is 1. The molecule has 0 heterocycles. The quantitative estimate of drug-likeness (QED) is 0.684. The van der Waals surface area contributed by atoms with E-state index in [1.165, 1.54) is 0 Å². The number of benzene rings is 1. The van der Waals surface area contributed by atoms with Gasteiger partial charge in [-0.2, -0.15) is 0 Å². The molecule has 1 aromatic carbocycles. The number of hydrogen-bond donors (Lipinski definition) is 1. The Hall–Kier alpha value is -2.30. The van der Waals surface area contributed by atoms with Crippen molar-refractivity contribution in [3.05, 3.63) is 48.0 Å². The Kier molecular flexibility index (Phi) is 5.42. The minimum atomic E-state index is -0.541. The maximum atomic E-state index is 12.1. The molecular weight excluding hydrogens is 294 g/mol. The molecule has 2 unspecified atom stereocenters. The van der Waals surface area contributed by atoms with Gasteiger partial charge in [0.2, 0.25) is 0 Å². The van der Waals surface area contributed by atoms with Crippen LogP contribution >= 0.6 is 0 Å². The molecule has 5 heteroatoms. The summed E-state index contributed by atoms with van der Waals surface area (Å²) in [4.78, 5) is 23.8. The fraction of sp³-hybridized carbons (Fsp3) is 0.444. The Morgan fingerprint density at radius 2 is 1.87 bits per heavy atom. The highest BCUT2D eigenvalue weighted by atomic mass is 16.6. The van der Waals surface area contributed by atoms with Gasteiger partial charge in [-0.25, -0.2) is 4.79 Å². The molecule has 2 atom stereocenters. The van der Waals surface area contributed by atoms with Gasteiger partial charge >= 0.3 is 12.1 Å². The SMILES string of the molecule is CC(C)(C)OC(=O)NC1C=CC(C(=O)OCc2ccccc2)C1. The first-order valence-corrected chi connectivity index (χ1v) is 7.72. The molecule has 124 valence electrons. The van der Waals surface area contributed by atoms with Crippen LogP contribution in [0, 0.1) is 5.92 Å². The first kappa shape index (κ1) is 17.1. The molecule has 23 heavy (non-hydrogen) atoms. The lowest BCUT2D eigenvalue weighted by atomic mass is 10.1. The number of rotatable bonds is 4. The third kappa shape index (κ3) is 5.77. The van der Waals surface area contributed by atoms with E-state index < -0.39 is 11.7 Å². The van der Waals surface area contributed by atoms with Crippen LogP contribution in [0.3, 0.4) is 0 Å². The first-order valence-electron chi connectivity index (χ1n) is 7.72. The lowest BCUT2D eigenvalue weighted by molar-refractivity contribution is -0.148. The lowest BCUT2D eigenvalue weighted by Gasteiger charge is -2.21. The maximum absolute atomic E-state index is 12.1. The van der Waals surface area contributed by atoms with Crippen LogP contribution in [0.1, 0.15) is 32.8 Å². The van der Waals surface area contributed by atoms with Crippen LogP contribution in [-0.2, 0) is 20.9 Å². The van der Waals surface area contributed by atoms with Crippen molar-refractivity contribution in [2.75, 3.05) is 0 Å². The monoisotopic (exact) mass is 317 g/mol. The average Bonchev–Trinajstić information content (AvgIpc) is 2.92. The number of carbonyl (C=O) groups is 2. The van der Waals surface area contributed by atoms with Crippen molar-refractivity contribution >= 4 is 12.1 Å². The molecule has 1 aliphatic carbocycles. The van der Waals surface area contributed by atoms with Gasteiger partial charge in [-0.15, -0.1) is 0 Å². The van der Waals surface area contributed by atoms with Crippen LogP contribution in [0.25, 0.3) is 0 Å². The summed E-state index contributed by atoms with van der Waals surface area (Å²) < 4.78 is 10.5. The van der Waals surface area contributed by atoms with E-state index in [4.69, 9.17) is 9.47 Å². The molecule has 1 aromatic rings. The van der Waals surface area contributed by atoms with E-state index in [0.29, 0.717) is 6.42 Å². The number of amides is 1. The van der Waals surface area contributed by atoms with E-state index in [1.54, 1.807) is 32.9 Å². The molecule has 0 aromatic heterocycles. The molecule has 1 N–H and O–H groups in total. The van der Waals surface area contributed by atoms with E-state index in [2.05, 4.69) is 5.32 Å².